The molecule has 0 bridgehead atoms. The number of hydrogen-bond acceptors (Lipinski definition) is 2. The van der Waals surface area contributed by atoms with Crippen LogP contribution in [0.25, 0.3) is 0 Å². The number of aliphatic carboxylic acids is 1. The zero-order valence-corrected chi connectivity index (χ0v) is 12.3. The number of rotatable bonds is 5. The van der Waals surface area contributed by atoms with Crippen molar-refractivity contribution in [3.63, 3.8) is 0 Å². The van der Waals surface area contributed by atoms with Gasteiger partial charge < -0.3 is 9.90 Å². The number of unbranched alkanes of at least 4 members (excludes halogenated alkanes) is 1. The first kappa shape index (κ1) is 15.7. The van der Waals surface area contributed by atoms with Crippen LogP contribution in [0.15, 0.2) is 24.3 Å². The molecule has 0 spiro atoms. The standard InChI is InChI=1S/C13H18O2.Na/c1-3-4-5-11-6-8-12(9-7-11)10(2)13(14)15;/h6-10H,3-5H2,1-2H3,(H,14,15);/q;+1/p-1. The van der Waals surface area contributed by atoms with Crippen molar-refractivity contribution >= 4 is 5.97 Å². The Kier molecular flexibility index (Phi) is 7.73. The molecule has 1 unspecified atom stereocenters. The summed E-state index contributed by atoms with van der Waals surface area (Å²) in [6.45, 7) is 3.81. The van der Waals surface area contributed by atoms with Crippen molar-refractivity contribution in [3.8, 4) is 0 Å². The summed E-state index contributed by atoms with van der Waals surface area (Å²) in [5.74, 6) is -1.54. The van der Waals surface area contributed by atoms with Crippen LogP contribution in [0.3, 0.4) is 0 Å². The third-order valence-electron chi connectivity index (χ3n) is 2.65. The fraction of sp³-hybridized carbons (Fsp3) is 0.462. The zero-order chi connectivity index (χ0) is 11.3. The summed E-state index contributed by atoms with van der Waals surface area (Å²) >= 11 is 0. The number of carboxylic acids is 1. The van der Waals surface area contributed by atoms with Crippen LogP contribution in [0.1, 0.15) is 43.7 Å². The first-order valence-electron chi connectivity index (χ1n) is 5.44. The van der Waals surface area contributed by atoms with Gasteiger partial charge in [-0.2, -0.15) is 0 Å². The van der Waals surface area contributed by atoms with Crippen molar-refractivity contribution in [1.82, 2.24) is 0 Å². The van der Waals surface area contributed by atoms with E-state index in [0.29, 0.717) is 0 Å². The van der Waals surface area contributed by atoms with Crippen molar-refractivity contribution in [2.75, 3.05) is 0 Å². The zero-order valence-electron chi connectivity index (χ0n) is 10.3. The second-order valence-electron chi connectivity index (χ2n) is 3.89. The van der Waals surface area contributed by atoms with Gasteiger partial charge in [0, 0.05) is 11.9 Å². The van der Waals surface area contributed by atoms with E-state index in [2.05, 4.69) is 6.92 Å². The minimum atomic E-state index is -1.02. The molecule has 0 aliphatic rings. The molecule has 1 atom stereocenters. The van der Waals surface area contributed by atoms with Crippen LogP contribution in [0, 0.1) is 0 Å². The number of carbonyl (C=O) groups is 1. The molecule has 82 valence electrons. The first-order valence-corrected chi connectivity index (χ1v) is 5.44. The molecular formula is C13H17NaO2. The van der Waals surface area contributed by atoms with E-state index in [1.54, 1.807) is 6.92 Å². The monoisotopic (exact) mass is 228 g/mol. The molecule has 0 heterocycles. The number of carbonyl (C=O) groups excluding carboxylic acids is 1. The van der Waals surface area contributed by atoms with E-state index in [1.807, 2.05) is 24.3 Å². The number of benzene rings is 1. The molecule has 0 aromatic heterocycles. The van der Waals surface area contributed by atoms with Crippen LogP contribution in [0.2, 0.25) is 0 Å². The number of aryl methyl sites for hydroxylation is 1. The Morgan fingerprint density at radius 1 is 1.31 bits per heavy atom. The van der Waals surface area contributed by atoms with E-state index in [9.17, 15) is 9.90 Å². The third-order valence-corrected chi connectivity index (χ3v) is 2.65. The Morgan fingerprint density at radius 2 is 1.88 bits per heavy atom. The van der Waals surface area contributed by atoms with Gasteiger partial charge in [0.05, 0.1) is 0 Å². The Balaban J connectivity index is 0.00000225. The van der Waals surface area contributed by atoms with Gasteiger partial charge in [-0.05, 0) is 24.0 Å². The van der Waals surface area contributed by atoms with Gasteiger partial charge in [0.15, 0.2) is 0 Å². The predicted octanol–water partition coefficient (Wildman–Crippen LogP) is -1.11. The van der Waals surface area contributed by atoms with Gasteiger partial charge in [-0.25, -0.2) is 0 Å². The van der Waals surface area contributed by atoms with Gasteiger partial charge >= 0.3 is 29.6 Å². The molecule has 2 nitrogen and oxygen atoms in total. The maximum absolute atomic E-state index is 10.6. The molecule has 0 fully saturated rings. The van der Waals surface area contributed by atoms with Crippen molar-refractivity contribution in [2.24, 2.45) is 0 Å². The quantitative estimate of drug-likeness (QED) is 0.599. The molecular weight excluding hydrogens is 211 g/mol. The van der Waals surface area contributed by atoms with Crippen LogP contribution in [0.4, 0.5) is 0 Å². The summed E-state index contributed by atoms with van der Waals surface area (Å²) in [7, 11) is 0. The van der Waals surface area contributed by atoms with E-state index in [-0.39, 0.29) is 29.6 Å². The van der Waals surface area contributed by atoms with Gasteiger partial charge in [-0.1, -0.05) is 44.5 Å². The van der Waals surface area contributed by atoms with Crippen molar-refractivity contribution in [1.29, 1.82) is 0 Å². The summed E-state index contributed by atoms with van der Waals surface area (Å²) in [6, 6.07) is 7.77. The topological polar surface area (TPSA) is 40.1 Å². The summed E-state index contributed by atoms with van der Waals surface area (Å²) in [5, 5.41) is 10.6. The van der Waals surface area contributed by atoms with Crippen LogP contribution >= 0.6 is 0 Å². The number of hydrogen-bond donors (Lipinski definition) is 0. The van der Waals surface area contributed by atoms with Crippen LogP contribution in [-0.4, -0.2) is 5.97 Å². The predicted molar refractivity (Wildman–Crippen MR) is 58.5 cm³/mol. The summed E-state index contributed by atoms with van der Waals surface area (Å²) < 4.78 is 0. The molecule has 0 aliphatic carbocycles. The average Bonchev–Trinajstić information content (AvgIpc) is 2.26. The van der Waals surface area contributed by atoms with Gasteiger partial charge in [-0.15, -0.1) is 0 Å². The Bertz CT molecular complexity index is 319. The van der Waals surface area contributed by atoms with E-state index in [0.717, 1.165) is 12.0 Å². The van der Waals surface area contributed by atoms with E-state index in [4.69, 9.17) is 0 Å². The fourth-order valence-corrected chi connectivity index (χ4v) is 1.49. The molecule has 0 saturated carbocycles. The summed E-state index contributed by atoms with van der Waals surface area (Å²) in [4.78, 5) is 10.6. The minimum absolute atomic E-state index is 0. The van der Waals surface area contributed by atoms with Gasteiger partial charge in [-0.3, -0.25) is 0 Å². The third kappa shape index (κ3) is 4.69. The largest absolute Gasteiger partial charge is 1.00 e. The van der Waals surface area contributed by atoms with Gasteiger partial charge in [0.1, 0.15) is 0 Å². The molecule has 3 heteroatoms. The molecule has 0 radical (unpaired) electrons. The molecule has 0 amide bonds. The molecule has 1 rings (SSSR count). The van der Waals surface area contributed by atoms with E-state index < -0.39 is 11.9 Å². The second-order valence-corrected chi connectivity index (χ2v) is 3.89. The Morgan fingerprint density at radius 3 is 2.31 bits per heavy atom. The summed E-state index contributed by atoms with van der Waals surface area (Å²) in [5.41, 5.74) is 2.08. The van der Waals surface area contributed by atoms with Crippen molar-refractivity contribution < 1.29 is 39.5 Å². The van der Waals surface area contributed by atoms with Crippen LogP contribution < -0.4 is 34.7 Å². The smallest absolute Gasteiger partial charge is 0.550 e. The van der Waals surface area contributed by atoms with E-state index in [1.165, 1.54) is 18.4 Å². The molecule has 0 N–H and O–H groups in total. The Labute approximate surface area is 119 Å². The van der Waals surface area contributed by atoms with Crippen LogP contribution in [-0.2, 0) is 11.2 Å². The average molecular weight is 228 g/mol. The van der Waals surface area contributed by atoms with Crippen molar-refractivity contribution in [2.45, 2.75) is 39.0 Å². The molecule has 1 aromatic rings. The van der Waals surface area contributed by atoms with Crippen LogP contribution in [0.5, 0.6) is 0 Å². The molecule has 0 aliphatic heterocycles. The molecule has 1 aromatic carbocycles. The Hall–Kier alpha value is -0.310. The van der Waals surface area contributed by atoms with Crippen molar-refractivity contribution in [3.05, 3.63) is 35.4 Å². The molecule has 0 saturated heterocycles. The van der Waals surface area contributed by atoms with Gasteiger partial charge in [0.25, 0.3) is 0 Å². The normalized spacial score (nSPS) is 11.6. The number of carboxylic acid groups (broad SMARTS) is 1. The minimum Gasteiger partial charge on any atom is -0.550 e. The van der Waals surface area contributed by atoms with Gasteiger partial charge in [0.2, 0.25) is 0 Å². The summed E-state index contributed by atoms with van der Waals surface area (Å²) in [6.07, 6.45) is 3.42. The second kappa shape index (κ2) is 7.88. The maximum atomic E-state index is 10.6. The molecule has 16 heavy (non-hydrogen) atoms. The fourth-order valence-electron chi connectivity index (χ4n) is 1.49. The first-order chi connectivity index (χ1) is 7.15. The SMILES string of the molecule is CCCCc1ccc(C(C)C(=O)[O-])cc1.[Na+]. The maximum Gasteiger partial charge on any atom is 1.00 e. The van der Waals surface area contributed by atoms with E-state index >= 15 is 0 Å².